The van der Waals surface area contributed by atoms with Crippen LogP contribution < -0.4 is 15.5 Å². The number of aromatic nitrogens is 5. The van der Waals surface area contributed by atoms with Crippen LogP contribution >= 0.6 is 11.3 Å². The third-order valence-corrected chi connectivity index (χ3v) is 5.09. The molecule has 3 aromatic rings. The molecule has 1 atom stereocenters. The molecule has 12 heteroatoms. The Kier molecular flexibility index (Phi) is 5.92. The fraction of sp³-hybridized carbons (Fsp3) is 0.333. The number of nitriles is 1. The molecule has 154 valence electrons. The number of hydrogen-bond acceptors (Lipinski definition) is 11. The Bertz CT molecular complexity index is 1050. The van der Waals surface area contributed by atoms with E-state index in [0.717, 1.165) is 18.2 Å². The summed E-state index contributed by atoms with van der Waals surface area (Å²) in [5, 5.41) is 15.8. The second-order valence-corrected chi connectivity index (χ2v) is 7.46. The van der Waals surface area contributed by atoms with Gasteiger partial charge in [-0.15, -0.1) is 0 Å². The molecule has 4 heterocycles. The van der Waals surface area contributed by atoms with Crippen LogP contribution in [0, 0.1) is 17.1 Å². The zero-order chi connectivity index (χ0) is 20.9. The molecule has 30 heavy (non-hydrogen) atoms. The minimum Gasteiger partial charge on any atom is -0.378 e. The van der Waals surface area contributed by atoms with E-state index in [4.69, 9.17) is 10.00 Å². The van der Waals surface area contributed by atoms with Crippen LogP contribution in [-0.4, -0.2) is 51.2 Å². The molecule has 0 bridgehead atoms. The van der Waals surface area contributed by atoms with Gasteiger partial charge >= 0.3 is 0 Å². The molecule has 0 spiro atoms. The Balaban J connectivity index is 1.60. The van der Waals surface area contributed by atoms with Crippen molar-refractivity contribution < 1.29 is 9.13 Å². The van der Waals surface area contributed by atoms with Crippen molar-refractivity contribution >= 4 is 34.1 Å². The second-order valence-electron chi connectivity index (χ2n) is 6.43. The summed E-state index contributed by atoms with van der Waals surface area (Å²) in [6.07, 6.45) is 3.74. The monoisotopic (exact) mass is 427 g/mol. The number of nitrogens with one attached hydrogen (secondary N) is 2. The summed E-state index contributed by atoms with van der Waals surface area (Å²) < 4.78 is 18.5. The number of morpholine rings is 1. The normalized spacial score (nSPS) is 14.8. The first-order valence-electron chi connectivity index (χ1n) is 9.19. The van der Waals surface area contributed by atoms with Gasteiger partial charge in [0.15, 0.2) is 10.9 Å². The number of ether oxygens (including phenoxy) is 1. The molecule has 0 aromatic carbocycles. The summed E-state index contributed by atoms with van der Waals surface area (Å²) in [4.78, 5) is 23.9. The summed E-state index contributed by atoms with van der Waals surface area (Å²) in [5.74, 6) is 1.54. The quantitative estimate of drug-likeness (QED) is 0.606. The van der Waals surface area contributed by atoms with E-state index in [1.54, 1.807) is 0 Å². The highest BCUT2D eigenvalue weighted by Crippen LogP contribution is 2.26. The first kappa shape index (κ1) is 19.9. The third-order valence-electron chi connectivity index (χ3n) is 4.27. The Hall–Kier alpha value is -3.43. The molecule has 0 saturated carbocycles. The van der Waals surface area contributed by atoms with Crippen molar-refractivity contribution in [3.8, 4) is 6.07 Å². The molecule has 0 radical (unpaired) electrons. The van der Waals surface area contributed by atoms with Gasteiger partial charge in [0.2, 0.25) is 5.95 Å². The van der Waals surface area contributed by atoms with Gasteiger partial charge in [0, 0.05) is 19.2 Å². The lowest BCUT2D eigenvalue weighted by Crippen LogP contribution is -2.37. The molecule has 1 saturated heterocycles. The number of rotatable bonds is 6. The van der Waals surface area contributed by atoms with Crippen molar-refractivity contribution in [3.63, 3.8) is 0 Å². The van der Waals surface area contributed by atoms with Gasteiger partial charge in [-0.3, -0.25) is 0 Å². The molecule has 1 aliphatic heterocycles. The van der Waals surface area contributed by atoms with Gasteiger partial charge in [-0.1, -0.05) is 11.3 Å². The van der Waals surface area contributed by atoms with E-state index < -0.39 is 5.82 Å². The molecule has 10 nitrogen and oxygen atoms in total. The predicted molar refractivity (Wildman–Crippen MR) is 109 cm³/mol. The SMILES string of the molecule is C[C@H](Nc1nc(Nc2ncc(C#N)s2)cc(N2CCOCC2)n1)c1ncc(F)cn1. The van der Waals surface area contributed by atoms with Crippen LogP contribution in [0.4, 0.5) is 27.1 Å². The summed E-state index contributed by atoms with van der Waals surface area (Å²) >= 11 is 1.23. The van der Waals surface area contributed by atoms with Gasteiger partial charge in [-0.05, 0) is 6.92 Å². The lowest BCUT2D eigenvalue weighted by Gasteiger charge is -2.28. The maximum Gasteiger partial charge on any atom is 0.227 e. The van der Waals surface area contributed by atoms with Gasteiger partial charge < -0.3 is 20.3 Å². The lowest BCUT2D eigenvalue weighted by molar-refractivity contribution is 0.122. The zero-order valence-corrected chi connectivity index (χ0v) is 16.9. The highest BCUT2D eigenvalue weighted by atomic mass is 32.1. The highest BCUT2D eigenvalue weighted by Gasteiger charge is 2.17. The molecule has 2 N–H and O–H groups in total. The van der Waals surface area contributed by atoms with E-state index in [9.17, 15) is 4.39 Å². The van der Waals surface area contributed by atoms with E-state index >= 15 is 0 Å². The fourth-order valence-electron chi connectivity index (χ4n) is 2.81. The standard InChI is InChI=1S/C18H18FN9OS/c1-11(16-21-8-12(19)9-22-16)24-17-25-14(26-18-23-10-13(7-20)30-18)6-15(27-17)28-2-4-29-5-3-28/h6,8-11H,2-5H2,1H3,(H2,23,24,25,26,27)/t11-/m0/s1. The molecule has 1 fully saturated rings. The van der Waals surface area contributed by atoms with Crippen LogP contribution in [0.5, 0.6) is 0 Å². The number of anilines is 4. The first-order chi connectivity index (χ1) is 14.6. The minimum atomic E-state index is -0.497. The topological polar surface area (TPSA) is 125 Å². The Morgan fingerprint density at radius 1 is 1.20 bits per heavy atom. The molecule has 3 aromatic heterocycles. The van der Waals surface area contributed by atoms with Gasteiger partial charge in [-0.2, -0.15) is 15.2 Å². The second kappa shape index (κ2) is 8.93. The van der Waals surface area contributed by atoms with Crippen molar-refractivity contribution in [1.82, 2.24) is 24.9 Å². The Morgan fingerprint density at radius 2 is 1.97 bits per heavy atom. The van der Waals surface area contributed by atoms with Crippen LogP contribution in [-0.2, 0) is 4.74 Å². The van der Waals surface area contributed by atoms with E-state index in [0.29, 0.717) is 53.9 Å². The van der Waals surface area contributed by atoms with Crippen molar-refractivity contribution in [2.45, 2.75) is 13.0 Å². The van der Waals surface area contributed by atoms with Crippen molar-refractivity contribution in [2.75, 3.05) is 41.8 Å². The van der Waals surface area contributed by atoms with Gasteiger partial charge in [0.25, 0.3) is 0 Å². The van der Waals surface area contributed by atoms with Gasteiger partial charge in [-0.25, -0.2) is 19.3 Å². The number of nitrogens with zero attached hydrogens (tertiary/aromatic N) is 7. The van der Waals surface area contributed by atoms with Crippen molar-refractivity contribution in [3.05, 3.63) is 41.2 Å². The van der Waals surface area contributed by atoms with E-state index in [2.05, 4.69) is 46.5 Å². The van der Waals surface area contributed by atoms with Crippen molar-refractivity contribution in [2.24, 2.45) is 0 Å². The third kappa shape index (κ3) is 4.76. The first-order valence-corrected chi connectivity index (χ1v) is 10.0. The highest BCUT2D eigenvalue weighted by molar-refractivity contribution is 7.16. The van der Waals surface area contributed by atoms with Crippen molar-refractivity contribution in [1.29, 1.82) is 5.26 Å². The van der Waals surface area contributed by atoms with Crippen LogP contribution in [0.3, 0.4) is 0 Å². The van der Waals surface area contributed by atoms with E-state index in [1.807, 2.05) is 13.0 Å². The number of thiazole rings is 1. The van der Waals surface area contributed by atoms with E-state index in [-0.39, 0.29) is 6.04 Å². The molecular weight excluding hydrogens is 409 g/mol. The number of halogens is 1. The summed E-state index contributed by atoms with van der Waals surface area (Å²) in [6.45, 7) is 4.50. The largest absolute Gasteiger partial charge is 0.378 e. The van der Waals surface area contributed by atoms with E-state index in [1.165, 1.54) is 17.5 Å². The maximum absolute atomic E-state index is 13.1. The minimum absolute atomic E-state index is 0.344. The molecule has 0 aliphatic carbocycles. The maximum atomic E-state index is 13.1. The molecule has 0 amide bonds. The fourth-order valence-corrected chi connectivity index (χ4v) is 3.44. The summed E-state index contributed by atoms with van der Waals surface area (Å²) in [7, 11) is 0. The van der Waals surface area contributed by atoms with Gasteiger partial charge in [0.1, 0.15) is 28.4 Å². The van der Waals surface area contributed by atoms with Crippen LogP contribution in [0.25, 0.3) is 0 Å². The molecule has 4 rings (SSSR count). The van der Waals surface area contributed by atoms with Crippen LogP contribution in [0.1, 0.15) is 23.7 Å². The summed E-state index contributed by atoms with van der Waals surface area (Å²) in [5.41, 5.74) is 0. The zero-order valence-electron chi connectivity index (χ0n) is 16.0. The number of hydrogen-bond donors (Lipinski definition) is 2. The molecule has 1 aliphatic rings. The Labute approximate surface area is 175 Å². The van der Waals surface area contributed by atoms with Crippen LogP contribution in [0.15, 0.2) is 24.7 Å². The average molecular weight is 427 g/mol. The smallest absolute Gasteiger partial charge is 0.227 e. The van der Waals surface area contributed by atoms with Gasteiger partial charge in [0.05, 0.1) is 37.8 Å². The van der Waals surface area contributed by atoms with Crippen LogP contribution in [0.2, 0.25) is 0 Å². The molecule has 0 unspecified atom stereocenters. The lowest BCUT2D eigenvalue weighted by atomic mass is 10.3. The predicted octanol–water partition coefficient (Wildman–Crippen LogP) is 2.49. The molecular formula is C18H18FN9OS. The summed E-state index contributed by atoms with van der Waals surface area (Å²) in [6, 6.07) is 3.54. The Morgan fingerprint density at radius 3 is 2.67 bits per heavy atom. The average Bonchev–Trinajstić information content (AvgIpc) is 3.22.